The molecule has 2 aliphatic rings. The van der Waals surface area contributed by atoms with E-state index in [1.165, 1.54) is 0 Å². The molecule has 1 saturated heterocycles. The van der Waals surface area contributed by atoms with Crippen molar-refractivity contribution in [2.45, 2.75) is 38.1 Å². The van der Waals surface area contributed by atoms with Crippen LogP contribution >= 0.6 is 22.7 Å². The highest BCUT2D eigenvalue weighted by Gasteiger charge is 2.46. The molecular weight excluding hydrogens is 356 g/mol. The first-order valence-electron chi connectivity index (χ1n) is 8.65. The van der Waals surface area contributed by atoms with Crippen LogP contribution in [0.5, 0.6) is 0 Å². The lowest BCUT2D eigenvalue weighted by Gasteiger charge is -2.29. The number of aromatic nitrogens is 2. The van der Waals surface area contributed by atoms with E-state index >= 15 is 0 Å². The van der Waals surface area contributed by atoms with E-state index < -0.39 is 0 Å². The van der Waals surface area contributed by atoms with Crippen LogP contribution in [0.25, 0.3) is 0 Å². The van der Waals surface area contributed by atoms with Crippen LogP contribution in [-0.2, 0) is 4.74 Å². The highest BCUT2D eigenvalue weighted by molar-refractivity contribution is 7.15. The van der Waals surface area contributed by atoms with Crippen LogP contribution < -0.4 is 10.6 Å². The number of carbonyl (C=O) groups is 1. The lowest BCUT2D eigenvalue weighted by molar-refractivity contribution is 0.0681. The third-order valence-electron chi connectivity index (χ3n) is 5.01. The number of primary amides is 1. The molecule has 4 rings (SSSR count). The number of ether oxygens (including phenoxy) is 1. The molecule has 8 heteroatoms. The topological polar surface area (TPSA) is 81.3 Å². The molecule has 2 N–H and O–H groups in total. The first kappa shape index (κ1) is 16.9. The Kier molecular flexibility index (Phi) is 4.75. The molecule has 1 aliphatic carbocycles. The molecular formula is C17H22N4O2S2. The molecule has 25 heavy (non-hydrogen) atoms. The zero-order valence-corrected chi connectivity index (χ0v) is 15.8. The van der Waals surface area contributed by atoms with E-state index in [1.807, 2.05) is 18.4 Å². The number of hydrogen-bond donors (Lipinski definition) is 1. The smallest absolute Gasteiger partial charge is 0.249 e. The summed E-state index contributed by atoms with van der Waals surface area (Å²) in [5.74, 6) is 0.661. The number of thiophene rings is 1. The van der Waals surface area contributed by atoms with E-state index in [0.29, 0.717) is 23.4 Å². The van der Waals surface area contributed by atoms with Gasteiger partial charge < -0.3 is 15.4 Å². The molecule has 1 amide bonds. The molecule has 0 spiro atoms. The van der Waals surface area contributed by atoms with Gasteiger partial charge in [-0.15, -0.1) is 21.5 Å². The molecule has 6 nitrogen and oxygen atoms in total. The number of nitrogens with two attached hydrogens (primary N) is 1. The average molecular weight is 379 g/mol. The molecule has 0 radical (unpaired) electrons. The van der Waals surface area contributed by atoms with E-state index in [4.69, 9.17) is 10.5 Å². The van der Waals surface area contributed by atoms with Crippen LogP contribution in [0, 0.1) is 12.8 Å². The van der Waals surface area contributed by atoms with Gasteiger partial charge in [-0.1, -0.05) is 11.3 Å². The molecule has 2 fully saturated rings. The minimum absolute atomic E-state index is 0.329. The lowest BCUT2D eigenvalue weighted by Crippen LogP contribution is -2.35. The predicted octanol–water partition coefficient (Wildman–Crippen LogP) is 2.80. The number of aryl methyl sites for hydroxylation is 1. The van der Waals surface area contributed by atoms with Crippen molar-refractivity contribution in [3.05, 3.63) is 26.9 Å². The minimum Gasteiger partial charge on any atom is -0.381 e. The van der Waals surface area contributed by atoms with E-state index in [2.05, 4.69) is 15.1 Å². The van der Waals surface area contributed by atoms with Gasteiger partial charge in [0.2, 0.25) is 11.0 Å². The van der Waals surface area contributed by atoms with Gasteiger partial charge in [0, 0.05) is 36.6 Å². The van der Waals surface area contributed by atoms with Gasteiger partial charge >= 0.3 is 0 Å². The van der Waals surface area contributed by atoms with Crippen LogP contribution in [0.4, 0.5) is 5.13 Å². The van der Waals surface area contributed by atoms with Crippen molar-refractivity contribution >= 4 is 33.7 Å². The molecule has 2 aromatic rings. The van der Waals surface area contributed by atoms with E-state index in [0.717, 1.165) is 54.0 Å². The number of rotatable bonds is 6. The van der Waals surface area contributed by atoms with Crippen molar-refractivity contribution in [1.82, 2.24) is 10.2 Å². The third kappa shape index (κ3) is 3.56. The normalized spacial score (nSPS) is 23.6. The number of amides is 1. The number of carbonyl (C=O) groups excluding carboxylic acids is 1. The molecule has 3 heterocycles. The van der Waals surface area contributed by atoms with Crippen molar-refractivity contribution in [2.24, 2.45) is 11.7 Å². The average Bonchev–Trinajstić information content (AvgIpc) is 3.02. The zero-order valence-electron chi connectivity index (χ0n) is 14.2. The second-order valence-corrected chi connectivity index (χ2v) is 8.89. The number of hydrogen-bond acceptors (Lipinski definition) is 7. The Bertz CT molecular complexity index is 753. The van der Waals surface area contributed by atoms with Crippen LogP contribution in [0.15, 0.2) is 11.4 Å². The number of nitrogens with zero attached hydrogens (tertiary/aromatic N) is 3. The fourth-order valence-electron chi connectivity index (χ4n) is 3.58. The van der Waals surface area contributed by atoms with Crippen molar-refractivity contribution in [2.75, 3.05) is 24.7 Å². The molecule has 1 saturated carbocycles. The van der Waals surface area contributed by atoms with Gasteiger partial charge in [0.25, 0.3) is 0 Å². The van der Waals surface area contributed by atoms with Crippen LogP contribution in [0.2, 0.25) is 0 Å². The Morgan fingerprint density at radius 3 is 2.88 bits per heavy atom. The summed E-state index contributed by atoms with van der Waals surface area (Å²) in [4.78, 5) is 15.2. The summed E-state index contributed by atoms with van der Waals surface area (Å²) in [6, 6.07) is 2.22. The van der Waals surface area contributed by atoms with Gasteiger partial charge in [0.1, 0.15) is 5.01 Å². The van der Waals surface area contributed by atoms with Crippen LogP contribution in [0.1, 0.15) is 45.4 Å². The second kappa shape index (κ2) is 7.01. The Morgan fingerprint density at radius 1 is 1.40 bits per heavy atom. The van der Waals surface area contributed by atoms with Gasteiger partial charge in [-0.25, -0.2) is 0 Å². The molecule has 134 valence electrons. The van der Waals surface area contributed by atoms with E-state index in [1.54, 1.807) is 22.7 Å². The molecule has 2 unspecified atom stereocenters. The van der Waals surface area contributed by atoms with Crippen LogP contribution in [0.3, 0.4) is 0 Å². The quantitative estimate of drug-likeness (QED) is 0.836. The first-order chi connectivity index (χ1) is 12.1. The van der Waals surface area contributed by atoms with Gasteiger partial charge in [0.15, 0.2) is 0 Å². The van der Waals surface area contributed by atoms with Crippen molar-refractivity contribution in [3.63, 3.8) is 0 Å². The van der Waals surface area contributed by atoms with Crippen molar-refractivity contribution in [1.29, 1.82) is 0 Å². The molecule has 2 atom stereocenters. The monoisotopic (exact) mass is 378 g/mol. The fourth-order valence-corrected chi connectivity index (χ4v) is 5.41. The zero-order chi connectivity index (χ0) is 17.4. The maximum absolute atomic E-state index is 11.7. The highest BCUT2D eigenvalue weighted by atomic mass is 32.1. The minimum atomic E-state index is -0.329. The Morgan fingerprint density at radius 2 is 2.20 bits per heavy atom. The molecule has 1 aliphatic heterocycles. The van der Waals surface area contributed by atoms with Gasteiger partial charge in [-0.3, -0.25) is 4.79 Å². The summed E-state index contributed by atoms with van der Waals surface area (Å²) in [6.07, 6.45) is 3.23. The van der Waals surface area contributed by atoms with Crippen molar-refractivity contribution < 1.29 is 9.53 Å². The summed E-state index contributed by atoms with van der Waals surface area (Å²) in [6.45, 7) is 4.66. The number of anilines is 1. The summed E-state index contributed by atoms with van der Waals surface area (Å²) in [7, 11) is 0. The summed E-state index contributed by atoms with van der Waals surface area (Å²) in [5, 5.41) is 12.5. The molecule has 2 aromatic heterocycles. The molecule has 0 bridgehead atoms. The van der Waals surface area contributed by atoms with Crippen LogP contribution in [-0.4, -0.2) is 41.9 Å². The lowest BCUT2D eigenvalue weighted by atomic mass is 10.00. The summed E-state index contributed by atoms with van der Waals surface area (Å²) < 4.78 is 5.50. The second-order valence-electron chi connectivity index (χ2n) is 6.78. The van der Waals surface area contributed by atoms with Gasteiger partial charge in [0.05, 0.1) is 5.56 Å². The molecule has 0 aromatic carbocycles. The van der Waals surface area contributed by atoms with Gasteiger partial charge in [-0.2, -0.15) is 0 Å². The summed E-state index contributed by atoms with van der Waals surface area (Å²) >= 11 is 3.28. The third-order valence-corrected chi connectivity index (χ3v) is 6.94. The predicted molar refractivity (Wildman–Crippen MR) is 99.5 cm³/mol. The Labute approximate surface area is 155 Å². The first-order valence-corrected chi connectivity index (χ1v) is 10.3. The SMILES string of the molecule is Cc1nnc(N(CC2CCOCC2)C2CC2c2sccc2C(N)=O)s1. The maximum atomic E-state index is 11.7. The maximum Gasteiger partial charge on any atom is 0.249 e. The Hall–Kier alpha value is -1.51. The standard InChI is InChI=1S/C17H22N4O2S2/c1-10-19-20-17(25-10)21(9-11-2-5-23-6-3-11)14-8-13(14)15-12(16(18)22)4-7-24-15/h4,7,11,13-14H,2-3,5-6,8-9H2,1H3,(H2,18,22). The Balaban J connectivity index is 1.54. The van der Waals surface area contributed by atoms with Crippen molar-refractivity contribution in [3.8, 4) is 0 Å². The van der Waals surface area contributed by atoms with E-state index in [-0.39, 0.29) is 5.91 Å². The summed E-state index contributed by atoms with van der Waals surface area (Å²) in [5.41, 5.74) is 6.21. The van der Waals surface area contributed by atoms with E-state index in [9.17, 15) is 4.79 Å². The largest absolute Gasteiger partial charge is 0.381 e. The highest BCUT2D eigenvalue weighted by Crippen LogP contribution is 2.49. The fraction of sp³-hybridized carbons (Fsp3) is 0.588. The van der Waals surface area contributed by atoms with Gasteiger partial charge in [-0.05, 0) is 43.6 Å².